The molecule has 1 aromatic carbocycles. The molecule has 0 saturated heterocycles. The second-order valence-electron chi connectivity index (χ2n) is 3.40. The Morgan fingerprint density at radius 3 is 2.57 bits per heavy atom. The lowest BCUT2D eigenvalue weighted by Crippen LogP contribution is -2.15. The first-order valence-corrected chi connectivity index (χ1v) is 5.54. The van der Waals surface area contributed by atoms with Crippen molar-refractivity contribution in [3.63, 3.8) is 0 Å². The number of aliphatic hydroxyl groups excluding tert-OH is 1. The Labute approximate surface area is 93.7 Å². The predicted octanol–water partition coefficient (Wildman–Crippen LogP) is 2.96. The molecule has 0 spiro atoms. The fourth-order valence-electron chi connectivity index (χ4n) is 1.27. The molecule has 14 heavy (non-hydrogen) atoms. The van der Waals surface area contributed by atoms with Crippen molar-refractivity contribution in [1.29, 1.82) is 0 Å². The highest BCUT2D eigenvalue weighted by Gasteiger charge is 2.07. The highest BCUT2D eigenvalue weighted by molar-refractivity contribution is 9.10. The number of hydrogen-bond donors (Lipinski definition) is 1. The molecule has 0 fully saturated rings. The molecule has 0 unspecified atom stereocenters. The summed E-state index contributed by atoms with van der Waals surface area (Å²) in [5.41, 5.74) is 2.09. The summed E-state index contributed by atoms with van der Waals surface area (Å²) >= 11 is 3.46. The molecule has 2 nitrogen and oxygen atoms in total. The summed E-state index contributed by atoms with van der Waals surface area (Å²) in [4.78, 5) is 2.15. The molecule has 0 aromatic heterocycles. The molecule has 78 valence electrons. The van der Waals surface area contributed by atoms with E-state index < -0.39 is 6.10 Å². The third-order valence-corrected chi connectivity index (χ3v) is 3.04. The molecule has 0 amide bonds. The van der Waals surface area contributed by atoms with Gasteiger partial charge in [-0.15, -0.1) is 0 Å². The quantitative estimate of drug-likeness (QED) is 0.901. The molecule has 1 N–H and O–H groups in total. The van der Waals surface area contributed by atoms with E-state index >= 15 is 0 Å². The molecule has 0 heterocycles. The van der Waals surface area contributed by atoms with E-state index in [1.165, 1.54) is 0 Å². The lowest BCUT2D eigenvalue weighted by Gasteiger charge is -2.18. The zero-order chi connectivity index (χ0) is 10.7. The Morgan fingerprint density at radius 2 is 2.14 bits per heavy atom. The zero-order valence-corrected chi connectivity index (χ0v) is 10.4. The van der Waals surface area contributed by atoms with Crippen LogP contribution in [0, 0.1) is 0 Å². The van der Waals surface area contributed by atoms with Gasteiger partial charge in [-0.3, -0.25) is 0 Å². The van der Waals surface area contributed by atoms with E-state index in [1.54, 1.807) is 6.92 Å². The Kier molecular flexibility index (Phi) is 3.96. The summed E-state index contributed by atoms with van der Waals surface area (Å²) in [6.45, 7) is 4.85. The summed E-state index contributed by atoms with van der Waals surface area (Å²) in [6, 6.07) is 6.01. The van der Waals surface area contributed by atoms with Gasteiger partial charge in [-0.05, 0) is 31.5 Å². The van der Waals surface area contributed by atoms with Gasteiger partial charge in [-0.2, -0.15) is 0 Å². The van der Waals surface area contributed by atoms with E-state index in [0.717, 1.165) is 22.3 Å². The van der Waals surface area contributed by atoms with E-state index in [2.05, 4.69) is 27.8 Å². The summed E-state index contributed by atoms with van der Waals surface area (Å²) in [7, 11) is 2.05. The summed E-state index contributed by atoms with van der Waals surface area (Å²) in [5.74, 6) is 0. The lowest BCUT2D eigenvalue weighted by atomic mass is 10.1. The Bertz CT molecular complexity index is 312. The molecule has 1 atom stereocenters. The number of nitrogens with zero attached hydrogens (tertiary/aromatic N) is 1. The zero-order valence-electron chi connectivity index (χ0n) is 8.79. The third kappa shape index (κ3) is 2.49. The van der Waals surface area contributed by atoms with Crippen molar-refractivity contribution in [2.75, 3.05) is 18.5 Å². The van der Waals surface area contributed by atoms with Crippen LogP contribution in [0.15, 0.2) is 22.7 Å². The van der Waals surface area contributed by atoms with Gasteiger partial charge in [0.25, 0.3) is 0 Å². The maximum Gasteiger partial charge on any atom is 0.0772 e. The Morgan fingerprint density at radius 1 is 1.50 bits per heavy atom. The van der Waals surface area contributed by atoms with Crippen LogP contribution in [0.2, 0.25) is 0 Å². The number of rotatable bonds is 3. The van der Waals surface area contributed by atoms with Gasteiger partial charge < -0.3 is 10.0 Å². The van der Waals surface area contributed by atoms with Crippen molar-refractivity contribution in [2.45, 2.75) is 20.0 Å². The molecule has 0 aliphatic carbocycles. The molecule has 0 saturated carbocycles. The molecule has 0 aliphatic heterocycles. The smallest absolute Gasteiger partial charge is 0.0772 e. The van der Waals surface area contributed by atoms with Gasteiger partial charge in [-0.1, -0.05) is 22.0 Å². The van der Waals surface area contributed by atoms with Crippen molar-refractivity contribution >= 4 is 21.6 Å². The van der Waals surface area contributed by atoms with E-state index in [9.17, 15) is 5.11 Å². The van der Waals surface area contributed by atoms with Crippen molar-refractivity contribution in [2.24, 2.45) is 0 Å². The van der Waals surface area contributed by atoms with Crippen molar-refractivity contribution in [1.82, 2.24) is 0 Å². The van der Waals surface area contributed by atoms with E-state index in [-0.39, 0.29) is 0 Å². The van der Waals surface area contributed by atoms with Crippen LogP contribution in [0.5, 0.6) is 0 Å². The molecule has 0 bridgehead atoms. The number of aliphatic hydroxyl groups is 1. The van der Waals surface area contributed by atoms with Gasteiger partial charge in [0.15, 0.2) is 0 Å². The van der Waals surface area contributed by atoms with Crippen LogP contribution in [-0.4, -0.2) is 18.7 Å². The molecule has 1 aromatic rings. The molecule has 3 heteroatoms. The topological polar surface area (TPSA) is 23.5 Å². The molecule has 1 rings (SSSR count). The maximum atomic E-state index is 9.45. The summed E-state index contributed by atoms with van der Waals surface area (Å²) < 4.78 is 0.963. The highest BCUT2D eigenvalue weighted by atomic mass is 79.9. The lowest BCUT2D eigenvalue weighted by molar-refractivity contribution is 0.198. The average Bonchev–Trinajstić information content (AvgIpc) is 2.15. The van der Waals surface area contributed by atoms with Crippen molar-refractivity contribution in [3.05, 3.63) is 28.2 Å². The standard InChI is InChI=1S/C11H16BrNO/c1-4-13(3)9-5-6-10(8(2)14)11(12)7-9/h5-8,14H,4H2,1-3H3/t8-/m0/s1. The second-order valence-corrected chi connectivity index (χ2v) is 4.25. The molecule has 0 aliphatic rings. The van der Waals surface area contributed by atoms with Crippen molar-refractivity contribution < 1.29 is 5.11 Å². The first-order chi connectivity index (χ1) is 6.56. The minimum absolute atomic E-state index is 0.426. The van der Waals surface area contributed by atoms with Gasteiger partial charge in [0.2, 0.25) is 0 Å². The summed E-state index contributed by atoms with van der Waals surface area (Å²) in [5, 5.41) is 9.45. The minimum Gasteiger partial charge on any atom is -0.389 e. The first-order valence-electron chi connectivity index (χ1n) is 4.75. The maximum absolute atomic E-state index is 9.45. The largest absolute Gasteiger partial charge is 0.389 e. The Balaban J connectivity index is 3.00. The second kappa shape index (κ2) is 4.80. The third-order valence-electron chi connectivity index (χ3n) is 2.35. The number of hydrogen-bond acceptors (Lipinski definition) is 2. The van der Waals surface area contributed by atoms with Gasteiger partial charge >= 0.3 is 0 Å². The fraction of sp³-hybridized carbons (Fsp3) is 0.455. The summed E-state index contributed by atoms with van der Waals surface area (Å²) in [6.07, 6.45) is -0.426. The van der Waals surface area contributed by atoms with Gasteiger partial charge in [0.1, 0.15) is 0 Å². The van der Waals surface area contributed by atoms with Crippen molar-refractivity contribution in [3.8, 4) is 0 Å². The SMILES string of the molecule is CCN(C)c1ccc([C@H](C)O)c(Br)c1. The van der Waals surface area contributed by atoms with Crippen LogP contribution < -0.4 is 4.90 Å². The van der Waals surface area contributed by atoms with Gasteiger partial charge in [-0.25, -0.2) is 0 Å². The van der Waals surface area contributed by atoms with Crippen LogP contribution >= 0.6 is 15.9 Å². The predicted molar refractivity (Wildman–Crippen MR) is 63.7 cm³/mol. The highest BCUT2D eigenvalue weighted by Crippen LogP contribution is 2.27. The van der Waals surface area contributed by atoms with Gasteiger partial charge in [0.05, 0.1) is 6.10 Å². The van der Waals surface area contributed by atoms with Gasteiger partial charge in [0, 0.05) is 23.8 Å². The normalized spacial score (nSPS) is 12.6. The number of benzene rings is 1. The average molecular weight is 258 g/mol. The van der Waals surface area contributed by atoms with E-state index in [0.29, 0.717) is 0 Å². The fourth-order valence-corrected chi connectivity index (χ4v) is 1.97. The van der Waals surface area contributed by atoms with Crippen LogP contribution in [0.4, 0.5) is 5.69 Å². The number of anilines is 1. The van der Waals surface area contributed by atoms with Crippen LogP contribution in [0.3, 0.4) is 0 Å². The van der Waals surface area contributed by atoms with Crippen LogP contribution in [0.1, 0.15) is 25.5 Å². The first kappa shape index (κ1) is 11.5. The minimum atomic E-state index is -0.426. The van der Waals surface area contributed by atoms with Crippen LogP contribution in [0.25, 0.3) is 0 Å². The Hall–Kier alpha value is -0.540. The number of halogens is 1. The molecular weight excluding hydrogens is 242 g/mol. The van der Waals surface area contributed by atoms with Crippen LogP contribution in [-0.2, 0) is 0 Å². The van der Waals surface area contributed by atoms with E-state index in [1.807, 2.05) is 25.2 Å². The molecular formula is C11H16BrNO. The van der Waals surface area contributed by atoms with E-state index in [4.69, 9.17) is 0 Å². The monoisotopic (exact) mass is 257 g/mol. The molecule has 0 radical (unpaired) electrons.